The largest absolute Gasteiger partial charge is 0.346 e. The lowest BCUT2D eigenvalue weighted by Gasteiger charge is -2.30. The maximum absolute atomic E-state index is 11.8. The molecule has 3 N–H and O–H groups in total. The van der Waals surface area contributed by atoms with E-state index in [0.29, 0.717) is 6.54 Å². The molecule has 1 amide bonds. The molecule has 0 aliphatic rings. The highest BCUT2D eigenvalue weighted by Crippen LogP contribution is 2.14. The van der Waals surface area contributed by atoms with E-state index in [1.54, 1.807) is 17.4 Å². The van der Waals surface area contributed by atoms with Crippen LogP contribution in [0.2, 0.25) is 0 Å². The van der Waals surface area contributed by atoms with Crippen molar-refractivity contribution in [1.29, 1.82) is 0 Å². The molecule has 0 spiro atoms. The number of carbonyl (C=O) groups excluding carboxylic acids is 1. The molecule has 0 saturated heterocycles. The third-order valence-electron chi connectivity index (χ3n) is 3.07. The Morgan fingerprint density at radius 2 is 2.24 bits per heavy atom. The Bertz CT molecular complexity index is 359. The van der Waals surface area contributed by atoms with E-state index in [1.807, 2.05) is 37.4 Å². The first-order chi connectivity index (χ1) is 8.15. The summed E-state index contributed by atoms with van der Waals surface area (Å²) in [4.78, 5) is 12.9. The van der Waals surface area contributed by atoms with Gasteiger partial charge >= 0.3 is 0 Å². The first-order valence-corrected chi connectivity index (χ1v) is 6.77. The van der Waals surface area contributed by atoms with Crippen LogP contribution in [-0.4, -0.2) is 18.0 Å². The average molecular weight is 252 g/mol. The Morgan fingerprint density at radius 3 is 2.71 bits per heavy atom. The summed E-state index contributed by atoms with van der Waals surface area (Å²) in [5, 5.41) is 4.98. The third-order valence-corrected chi connectivity index (χ3v) is 3.91. The summed E-state index contributed by atoms with van der Waals surface area (Å²) in [6.45, 7) is 4.55. The van der Waals surface area contributed by atoms with Crippen molar-refractivity contribution in [1.82, 2.24) is 5.32 Å². The Labute approximate surface area is 107 Å². The summed E-state index contributed by atoms with van der Waals surface area (Å²) in [6.07, 6.45) is 5.09. The minimum absolute atomic E-state index is 0.0763. The number of rotatable bonds is 6. The van der Waals surface area contributed by atoms with Crippen LogP contribution in [0.1, 0.15) is 31.6 Å². The molecule has 0 radical (unpaired) electrons. The maximum atomic E-state index is 11.8. The number of carbonyl (C=O) groups is 1. The van der Waals surface area contributed by atoms with Gasteiger partial charge in [0.15, 0.2) is 0 Å². The molecule has 0 unspecified atom stereocenters. The Balaban J connectivity index is 2.59. The Morgan fingerprint density at radius 1 is 1.53 bits per heavy atom. The molecule has 0 aliphatic heterocycles. The van der Waals surface area contributed by atoms with Crippen LogP contribution in [-0.2, 0) is 4.79 Å². The molecule has 3 nitrogen and oxygen atoms in total. The molecule has 0 atom stereocenters. The van der Waals surface area contributed by atoms with Crippen molar-refractivity contribution >= 4 is 23.3 Å². The molecule has 4 heteroatoms. The van der Waals surface area contributed by atoms with Gasteiger partial charge in [-0.25, -0.2) is 0 Å². The topological polar surface area (TPSA) is 55.1 Å². The second-order valence-corrected chi connectivity index (χ2v) is 5.01. The first kappa shape index (κ1) is 13.9. The Hall–Kier alpha value is -1.13. The number of hydrogen-bond acceptors (Lipinski definition) is 3. The first-order valence-electron chi connectivity index (χ1n) is 5.89. The zero-order chi connectivity index (χ0) is 12.7. The minimum atomic E-state index is -0.267. The fraction of sp³-hybridized carbons (Fsp3) is 0.462. The van der Waals surface area contributed by atoms with Crippen molar-refractivity contribution < 1.29 is 4.79 Å². The zero-order valence-corrected chi connectivity index (χ0v) is 11.2. The van der Waals surface area contributed by atoms with Gasteiger partial charge in [0.1, 0.15) is 0 Å². The Kier molecular flexibility index (Phi) is 5.38. The van der Waals surface area contributed by atoms with E-state index in [2.05, 4.69) is 5.32 Å². The number of amides is 1. The lowest BCUT2D eigenvalue weighted by atomic mass is 9.93. The molecule has 0 saturated carbocycles. The van der Waals surface area contributed by atoms with Gasteiger partial charge in [-0.1, -0.05) is 19.9 Å². The van der Waals surface area contributed by atoms with E-state index in [4.69, 9.17) is 5.73 Å². The molecular formula is C13H20N2OS. The van der Waals surface area contributed by atoms with Gasteiger partial charge in [0, 0.05) is 17.5 Å². The van der Waals surface area contributed by atoms with Crippen molar-refractivity contribution in [2.75, 3.05) is 6.54 Å². The number of hydrogen-bond donors (Lipinski definition) is 2. The van der Waals surface area contributed by atoms with Crippen LogP contribution in [0.4, 0.5) is 0 Å². The molecule has 1 aromatic heterocycles. The van der Waals surface area contributed by atoms with Gasteiger partial charge in [-0.3, -0.25) is 4.79 Å². The van der Waals surface area contributed by atoms with Gasteiger partial charge in [-0.05, 0) is 30.4 Å². The minimum Gasteiger partial charge on any atom is -0.346 e. The van der Waals surface area contributed by atoms with Crippen molar-refractivity contribution in [3.8, 4) is 0 Å². The summed E-state index contributed by atoms with van der Waals surface area (Å²) in [5.74, 6) is -0.0763. The molecule has 17 heavy (non-hydrogen) atoms. The summed E-state index contributed by atoms with van der Waals surface area (Å²) in [5.41, 5.74) is 5.46. The lowest BCUT2D eigenvalue weighted by Crippen LogP contribution is -2.52. The second kappa shape index (κ2) is 6.57. The SMILES string of the molecule is CCC(CC)(CN)NC(=O)C=Cc1cccs1. The molecular weight excluding hydrogens is 232 g/mol. The van der Waals surface area contributed by atoms with Gasteiger partial charge < -0.3 is 11.1 Å². The van der Waals surface area contributed by atoms with Gasteiger partial charge in [0.2, 0.25) is 5.91 Å². The van der Waals surface area contributed by atoms with Gasteiger partial charge in [-0.2, -0.15) is 0 Å². The summed E-state index contributed by atoms with van der Waals surface area (Å²) < 4.78 is 0. The highest BCUT2D eigenvalue weighted by molar-refractivity contribution is 7.10. The van der Waals surface area contributed by atoms with Crippen molar-refractivity contribution in [2.45, 2.75) is 32.2 Å². The van der Waals surface area contributed by atoms with E-state index in [1.165, 1.54) is 0 Å². The molecule has 1 heterocycles. The lowest BCUT2D eigenvalue weighted by molar-refractivity contribution is -0.118. The third kappa shape index (κ3) is 3.98. The van der Waals surface area contributed by atoms with E-state index < -0.39 is 0 Å². The van der Waals surface area contributed by atoms with Crippen LogP contribution in [0.5, 0.6) is 0 Å². The number of nitrogens with one attached hydrogen (secondary N) is 1. The zero-order valence-electron chi connectivity index (χ0n) is 10.4. The quantitative estimate of drug-likeness (QED) is 0.764. The van der Waals surface area contributed by atoms with Gasteiger partial charge in [-0.15, -0.1) is 11.3 Å². The standard InChI is InChI=1S/C13H20N2OS/c1-3-13(4-2,10-14)15-12(16)8-7-11-6-5-9-17-11/h5-9H,3-4,10,14H2,1-2H3,(H,15,16). The van der Waals surface area contributed by atoms with E-state index in [0.717, 1.165) is 17.7 Å². The van der Waals surface area contributed by atoms with Crippen molar-refractivity contribution in [3.05, 3.63) is 28.5 Å². The molecule has 0 bridgehead atoms. The second-order valence-electron chi connectivity index (χ2n) is 4.03. The smallest absolute Gasteiger partial charge is 0.244 e. The highest BCUT2D eigenvalue weighted by atomic mass is 32.1. The molecule has 1 aromatic rings. The molecule has 94 valence electrons. The van der Waals surface area contributed by atoms with Crippen LogP contribution >= 0.6 is 11.3 Å². The summed E-state index contributed by atoms with van der Waals surface area (Å²) >= 11 is 1.61. The van der Waals surface area contributed by atoms with E-state index in [9.17, 15) is 4.79 Å². The van der Waals surface area contributed by atoms with Gasteiger partial charge in [0.05, 0.1) is 5.54 Å². The fourth-order valence-corrected chi connectivity index (χ4v) is 2.23. The molecule has 1 rings (SSSR count). The number of thiophene rings is 1. The van der Waals surface area contributed by atoms with Crippen LogP contribution in [0.3, 0.4) is 0 Å². The van der Waals surface area contributed by atoms with Crippen molar-refractivity contribution in [2.24, 2.45) is 5.73 Å². The average Bonchev–Trinajstić information content (AvgIpc) is 2.87. The fourth-order valence-electron chi connectivity index (χ4n) is 1.61. The normalized spacial score (nSPS) is 11.9. The maximum Gasteiger partial charge on any atom is 0.244 e. The monoisotopic (exact) mass is 252 g/mol. The molecule has 0 aromatic carbocycles. The van der Waals surface area contributed by atoms with E-state index in [-0.39, 0.29) is 11.4 Å². The van der Waals surface area contributed by atoms with Gasteiger partial charge in [0.25, 0.3) is 0 Å². The van der Waals surface area contributed by atoms with Crippen molar-refractivity contribution in [3.63, 3.8) is 0 Å². The van der Waals surface area contributed by atoms with Crippen LogP contribution in [0, 0.1) is 0 Å². The summed E-state index contributed by atoms with van der Waals surface area (Å²) in [7, 11) is 0. The number of nitrogens with two attached hydrogens (primary N) is 1. The predicted octanol–water partition coefficient (Wildman–Crippen LogP) is 2.40. The predicted molar refractivity (Wildman–Crippen MR) is 73.9 cm³/mol. The van der Waals surface area contributed by atoms with Crippen LogP contribution in [0.25, 0.3) is 6.08 Å². The molecule has 0 aliphatic carbocycles. The van der Waals surface area contributed by atoms with Crippen LogP contribution in [0.15, 0.2) is 23.6 Å². The van der Waals surface area contributed by atoms with E-state index >= 15 is 0 Å². The van der Waals surface area contributed by atoms with Crippen LogP contribution < -0.4 is 11.1 Å². The summed E-state index contributed by atoms with van der Waals surface area (Å²) in [6, 6.07) is 3.94. The molecule has 0 fully saturated rings. The highest BCUT2D eigenvalue weighted by Gasteiger charge is 2.25.